The molecule has 1 atom stereocenters. The number of carbonyl (C=O) groups excluding carboxylic acids is 1. The fraction of sp³-hybridized carbons (Fsp3) is 0.0435. The van der Waals surface area contributed by atoms with Gasteiger partial charge in [-0.05, 0) is 30.4 Å². The van der Waals surface area contributed by atoms with Crippen molar-refractivity contribution in [2.45, 2.75) is 6.17 Å². The third-order valence-corrected chi connectivity index (χ3v) is 5.06. The molecule has 2 aliphatic heterocycles. The Bertz CT molecular complexity index is 1210. The molecule has 5 rings (SSSR count). The van der Waals surface area contributed by atoms with Crippen LogP contribution in [0.2, 0.25) is 0 Å². The second-order valence-electron chi connectivity index (χ2n) is 6.79. The molecule has 0 radical (unpaired) electrons. The second kappa shape index (κ2) is 6.91. The highest BCUT2D eigenvalue weighted by Crippen LogP contribution is 2.35. The molecule has 2 N–H and O–H groups in total. The Morgan fingerprint density at radius 3 is 2.90 bits per heavy atom. The predicted molar refractivity (Wildman–Crippen MR) is 110 cm³/mol. The maximum Gasteiger partial charge on any atom is 0.273 e. The fourth-order valence-corrected chi connectivity index (χ4v) is 3.70. The van der Waals surface area contributed by atoms with Crippen LogP contribution in [0.25, 0.3) is 10.8 Å². The van der Waals surface area contributed by atoms with Gasteiger partial charge in [0.25, 0.3) is 5.91 Å². The van der Waals surface area contributed by atoms with Gasteiger partial charge in [-0.2, -0.15) is 0 Å². The average Bonchev–Trinajstić information content (AvgIpc) is 3.14. The minimum absolute atomic E-state index is 0.284. The highest BCUT2D eigenvalue weighted by molar-refractivity contribution is 6.09. The zero-order valence-corrected chi connectivity index (χ0v) is 15.3. The summed E-state index contributed by atoms with van der Waals surface area (Å²) in [5.74, 6) is -0.608. The van der Waals surface area contributed by atoms with Gasteiger partial charge in [0.15, 0.2) is 0 Å². The van der Waals surface area contributed by atoms with E-state index in [1.807, 2.05) is 53.6 Å². The molecule has 6 heteroatoms. The molecule has 1 aromatic heterocycles. The number of allylic oxidation sites excluding steroid dienone is 3. The maximum atomic E-state index is 14.4. The van der Waals surface area contributed by atoms with Crippen molar-refractivity contribution in [1.82, 2.24) is 15.2 Å². The van der Waals surface area contributed by atoms with E-state index in [0.717, 1.165) is 10.8 Å². The summed E-state index contributed by atoms with van der Waals surface area (Å²) in [5.41, 5.74) is 2.26. The topological polar surface area (TPSA) is 57.3 Å². The van der Waals surface area contributed by atoms with Gasteiger partial charge in [-0.3, -0.25) is 9.78 Å². The van der Waals surface area contributed by atoms with Crippen LogP contribution < -0.4 is 10.6 Å². The van der Waals surface area contributed by atoms with Gasteiger partial charge in [-0.25, -0.2) is 4.39 Å². The van der Waals surface area contributed by atoms with Crippen LogP contribution in [0.1, 0.15) is 11.7 Å². The lowest BCUT2D eigenvalue weighted by Crippen LogP contribution is -2.29. The Hall–Kier alpha value is -3.93. The van der Waals surface area contributed by atoms with Crippen molar-refractivity contribution in [2.24, 2.45) is 0 Å². The highest BCUT2D eigenvalue weighted by Gasteiger charge is 2.35. The van der Waals surface area contributed by atoms with Crippen molar-refractivity contribution in [3.05, 3.63) is 108 Å². The van der Waals surface area contributed by atoms with Crippen LogP contribution in [0.3, 0.4) is 0 Å². The molecule has 0 fully saturated rings. The summed E-state index contributed by atoms with van der Waals surface area (Å²) in [6.07, 6.45) is 10.3. The van der Waals surface area contributed by atoms with Crippen LogP contribution >= 0.6 is 0 Å². The molecule has 1 unspecified atom stereocenters. The van der Waals surface area contributed by atoms with Gasteiger partial charge >= 0.3 is 0 Å². The summed E-state index contributed by atoms with van der Waals surface area (Å²) in [4.78, 5) is 19.1. The number of amides is 1. The molecule has 3 aromatic rings. The SMILES string of the molecule is O=C(Nc1cccc2cnccc12)C1=C2C=CC=CN2C(c2ccccc2F)N1. The molecule has 0 bridgehead atoms. The van der Waals surface area contributed by atoms with Crippen molar-refractivity contribution in [3.8, 4) is 0 Å². The molecule has 0 aliphatic carbocycles. The van der Waals surface area contributed by atoms with E-state index in [1.54, 1.807) is 30.6 Å². The number of halogens is 1. The van der Waals surface area contributed by atoms with E-state index in [0.29, 0.717) is 22.6 Å². The first kappa shape index (κ1) is 17.2. The van der Waals surface area contributed by atoms with E-state index >= 15 is 0 Å². The quantitative estimate of drug-likeness (QED) is 0.710. The van der Waals surface area contributed by atoms with E-state index in [9.17, 15) is 9.18 Å². The van der Waals surface area contributed by atoms with Gasteiger partial charge in [0.05, 0.1) is 5.70 Å². The monoisotopic (exact) mass is 384 g/mol. The molecule has 0 spiro atoms. The van der Waals surface area contributed by atoms with Crippen LogP contribution in [0.5, 0.6) is 0 Å². The third-order valence-electron chi connectivity index (χ3n) is 5.06. The van der Waals surface area contributed by atoms with Crippen LogP contribution in [-0.4, -0.2) is 15.8 Å². The van der Waals surface area contributed by atoms with Crippen molar-refractivity contribution < 1.29 is 9.18 Å². The molecule has 0 saturated carbocycles. The lowest BCUT2D eigenvalue weighted by molar-refractivity contribution is -0.113. The molecule has 5 nitrogen and oxygen atoms in total. The van der Waals surface area contributed by atoms with E-state index in [4.69, 9.17) is 0 Å². The molecular weight excluding hydrogens is 367 g/mol. The minimum Gasteiger partial charge on any atom is -0.355 e. The number of hydrogen-bond acceptors (Lipinski definition) is 4. The van der Waals surface area contributed by atoms with E-state index in [2.05, 4.69) is 15.6 Å². The number of aromatic nitrogens is 1. The summed E-state index contributed by atoms with van der Waals surface area (Å²) in [6.45, 7) is 0. The molecular formula is C23H17FN4O. The zero-order valence-electron chi connectivity index (χ0n) is 15.3. The smallest absolute Gasteiger partial charge is 0.273 e. The summed E-state index contributed by atoms with van der Waals surface area (Å²) < 4.78 is 14.4. The number of hydrogen-bond donors (Lipinski definition) is 2. The Kier molecular flexibility index (Phi) is 4.09. The highest BCUT2D eigenvalue weighted by atomic mass is 19.1. The van der Waals surface area contributed by atoms with Gasteiger partial charge in [-0.1, -0.05) is 36.4 Å². The second-order valence-corrected chi connectivity index (χ2v) is 6.79. The number of fused-ring (bicyclic) bond motifs is 2. The van der Waals surface area contributed by atoms with E-state index in [1.165, 1.54) is 6.07 Å². The fourth-order valence-electron chi connectivity index (χ4n) is 3.70. The van der Waals surface area contributed by atoms with Crippen molar-refractivity contribution in [2.75, 3.05) is 5.32 Å². The van der Waals surface area contributed by atoms with Crippen molar-refractivity contribution >= 4 is 22.4 Å². The molecule has 142 valence electrons. The molecule has 0 saturated heterocycles. The van der Waals surface area contributed by atoms with Crippen LogP contribution in [0.4, 0.5) is 10.1 Å². The largest absolute Gasteiger partial charge is 0.355 e. The summed E-state index contributed by atoms with van der Waals surface area (Å²) >= 11 is 0. The predicted octanol–water partition coefficient (Wildman–Crippen LogP) is 4.21. The number of nitrogens with zero attached hydrogens (tertiary/aromatic N) is 2. The summed E-state index contributed by atoms with van der Waals surface area (Å²) in [6, 6.07) is 14.1. The first-order valence-corrected chi connectivity index (χ1v) is 9.25. The van der Waals surface area contributed by atoms with Crippen LogP contribution in [0.15, 0.2) is 96.7 Å². The van der Waals surface area contributed by atoms with Gasteiger partial charge in [-0.15, -0.1) is 0 Å². The average molecular weight is 384 g/mol. The summed E-state index contributed by atoms with van der Waals surface area (Å²) in [5, 5.41) is 8.02. The zero-order chi connectivity index (χ0) is 19.8. The number of nitrogens with one attached hydrogen (secondary N) is 2. The van der Waals surface area contributed by atoms with Gasteiger partial charge in [0.1, 0.15) is 17.7 Å². The Labute approximate surface area is 166 Å². The van der Waals surface area contributed by atoms with Gasteiger partial charge in [0.2, 0.25) is 0 Å². The summed E-state index contributed by atoms with van der Waals surface area (Å²) in [7, 11) is 0. The Morgan fingerprint density at radius 2 is 2.00 bits per heavy atom. The van der Waals surface area contributed by atoms with Crippen LogP contribution in [0, 0.1) is 5.82 Å². The number of pyridine rings is 1. The van der Waals surface area contributed by atoms with Crippen molar-refractivity contribution in [1.29, 1.82) is 0 Å². The number of carbonyl (C=O) groups is 1. The number of rotatable bonds is 3. The normalized spacial score (nSPS) is 17.4. The lowest BCUT2D eigenvalue weighted by Gasteiger charge is -2.26. The molecule has 3 heterocycles. The minimum atomic E-state index is -0.495. The first-order chi connectivity index (χ1) is 14.2. The molecule has 1 amide bonds. The molecule has 2 aromatic carbocycles. The van der Waals surface area contributed by atoms with Crippen LogP contribution in [-0.2, 0) is 4.79 Å². The van der Waals surface area contributed by atoms with E-state index < -0.39 is 6.17 Å². The van der Waals surface area contributed by atoms with Gasteiger partial charge in [0, 0.05) is 40.6 Å². The Balaban J connectivity index is 1.50. The number of anilines is 1. The maximum absolute atomic E-state index is 14.4. The van der Waals surface area contributed by atoms with Gasteiger partial charge < -0.3 is 15.5 Å². The van der Waals surface area contributed by atoms with Crippen molar-refractivity contribution in [3.63, 3.8) is 0 Å². The lowest BCUT2D eigenvalue weighted by atomic mass is 10.1. The Morgan fingerprint density at radius 1 is 1.10 bits per heavy atom. The number of benzene rings is 2. The molecule has 2 aliphatic rings. The third kappa shape index (κ3) is 2.95. The first-order valence-electron chi connectivity index (χ1n) is 9.25. The molecule has 29 heavy (non-hydrogen) atoms. The standard InChI is InChI=1S/C23H17FN4O/c24-18-8-2-1-7-17(18)22-27-21(20-10-3-4-13-28(20)22)23(29)26-19-9-5-6-15-14-25-12-11-16(15)19/h1-14,22,27H,(H,26,29). The van der Waals surface area contributed by atoms with E-state index in [-0.39, 0.29) is 11.7 Å².